The third kappa shape index (κ3) is 14.3. The predicted molar refractivity (Wildman–Crippen MR) is 163 cm³/mol. The highest BCUT2D eigenvalue weighted by atomic mass is 35.5. The van der Waals surface area contributed by atoms with Crippen LogP contribution in [0.5, 0.6) is 5.75 Å². The molecule has 8 nitrogen and oxygen atoms in total. The summed E-state index contributed by atoms with van der Waals surface area (Å²) in [5.74, 6) is 0.0937. The van der Waals surface area contributed by atoms with Gasteiger partial charge in [-0.25, -0.2) is 0 Å². The Morgan fingerprint density at radius 2 is 1.68 bits per heavy atom. The topological polar surface area (TPSA) is 99.8 Å². The Morgan fingerprint density at radius 1 is 0.975 bits per heavy atom. The second-order valence-corrected chi connectivity index (χ2v) is 9.76. The summed E-state index contributed by atoms with van der Waals surface area (Å²) in [6.07, 6.45) is 4.13. The fourth-order valence-electron chi connectivity index (χ4n) is 3.86. The summed E-state index contributed by atoms with van der Waals surface area (Å²) in [5.41, 5.74) is 2.33. The van der Waals surface area contributed by atoms with Crippen molar-refractivity contribution < 1.29 is 19.1 Å². The van der Waals surface area contributed by atoms with E-state index >= 15 is 0 Å². The number of unbranched alkanes of at least 4 members (excludes halogenated alkanes) is 1. The second kappa shape index (κ2) is 20.8. The SMILES string of the molecule is CC.CCCC[C@@H]1NCCOc2ccccc2CCCNC(=O)CNC(=O)CN(C)C1=O.Cc1ccc(Cl)cc1. The molecule has 3 rings (SSSR count). The first kappa shape index (κ1) is 34.9. The Kier molecular flexibility index (Phi) is 18.1. The number of likely N-dealkylation sites (N-methyl/N-ethyl adjacent to an activating group) is 1. The highest BCUT2D eigenvalue weighted by Crippen LogP contribution is 2.19. The number of fused-ring (bicyclic) bond motifs is 1. The number of carbonyl (C=O) groups is 3. The van der Waals surface area contributed by atoms with E-state index in [1.54, 1.807) is 7.05 Å². The molecule has 0 saturated carbocycles. The molecule has 3 N–H and O–H groups in total. The molecule has 0 aliphatic carbocycles. The molecule has 40 heavy (non-hydrogen) atoms. The minimum absolute atomic E-state index is 0.0830. The average Bonchev–Trinajstić information content (AvgIpc) is 2.96. The number of nitrogens with one attached hydrogen (secondary N) is 3. The van der Waals surface area contributed by atoms with Gasteiger partial charge in [0.05, 0.1) is 19.1 Å². The third-order valence-corrected chi connectivity index (χ3v) is 6.28. The highest BCUT2D eigenvalue weighted by molar-refractivity contribution is 6.30. The van der Waals surface area contributed by atoms with Crippen molar-refractivity contribution >= 4 is 29.3 Å². The van der Waals surface area contributed by atoms with Crippen molar-refractivity contribution in [1.29, 1.82) is 0 Å². The summed E-state index contributed by atoms with van der Waals surface area (Å²) in [6, 6.07) is 15.2. The van der Waals surface area contributed by atoms with Crippen molar-refractivity contribution in [2.75, 3.05) is 39.8 Å². The van der Waals surface area contributed by atoms with Crippen molar-refractivity contribution in [2.45, 2.75) is 65.8 Å². The van der Waals surface area contributed by atoms with Gasteiger partial charge in [0.15, 0.2) is 0 Å². The number of para-hydroxylation sites is 1. The van der Waals surface area contributed by atoms with Gasteiger partial charge in [0.25, 0.3) is 0 Å². The molecule has 1 aliphatic heterocycles. The fourth-order valence-corrected chi connectivity index (χ4v) is 3.99. The zero-order chi connectivity index (χ0) is 29.8. The van der Waals surface area contributed by atoms with Crippen molar-refractivity contribution in [1.82, 2.24) is 20.9 Å². The van der Waals surface area contributed by atoms with Crippen LogP contribution in [0, 0.1) is 6.92 Å². The normalized spacial score (nSPS) is 17.2. The number of hydrogen-bond acceptors (Lipinski definition) is 5. The van der Waals surface area contributed by atoms with Gasteiger partial charge in [0, 0.05) is 25.2 Å². The number of aryl methyl sites for hydroxylation is 2. The van der Waals surface area contributed by atoms with E-state index in [2.05, 4.69) is 22.9 Å². The first-order valence-corrected chi connectivity index (χ1v) is 14.6. The minimum atomic E-state index is -0.372. The number of nitrogens with zero attached hydrogens (tertiary/aromatic N) is 1. The maximum atomic E-state index is 12.8. The molecule has 0 bridgehead atoms. The molecule has 2 aromatic rings. The fraction of sp³-hybridized carbons (Fsp3) is 0.516. The summed E-state index contributed by atoms with van der Waals surface area (Å²) < 4.78 is 5.95. The number of amides is 3. The lowest BCUT2D eigenvalue weighted by Crippen LogP contribution is -2.49. The molecule has 0 saturated heterocycles. The predicted octanol–water partition coefficient (Wildman–Crippen LogP) is 4.53. The van der Waals surface area contributed by atoms with Gasteiger partial charge in [-0.15, -0.1) is 0 Å². The summed E-state index contributed by atoms with van der Waals surface area (Å²) in [7, 11) is 1.60. The number of hydrogen-bond donors (Lipinski definition) is 3. The van der Waals surface area contributed by atoms with Crippen LogP contribution in [0.15, 0.2) is 48.5 Å². The molecule has 0 unspecified atom stereocenters. The lowest BCUT2D eigenvalue weighted by molar-refractivity contribution is -0.136. The molecule has 1 heterocycles. The standard InChI is InChI=1S/C22H34N4O4.C7H7Cl.C2H6/c1-3-4-10-18-22(29)26(2)16-21(28)25-15-20(27)24-12-7-9-17-8-5-6-11-19(17)30-14-13-23-18;1-6-2-4-7(8)5-3-6;1-2/h5-6,8,11,18,23H,3-4,7,9-10,12-16H2,1-2H3,(H,24,27)(H,25,28);2-5H,1H3;1-2H3/t18-;;/m0../s1. The monoisotopic (exact) mass is 574 g/mol. The van der Waals surface area contributed by atoms with E-state index in [4.69, 9.17) is 16.3 Å². The number of rotatable bonds is 3. The van der Waals surface area contributed by atoms with E-state index < -0.39 is 0 Å². The van der Waals surface area contributed by atoms with Crippen molar-refractivity contribution in [3.8, 4) is 5.75 Å². The van der Waals surface area contributed by atoms with Crippen LogP contribution in [0.2, 0.25) is 5.02 Å². The molecule has 2 aromatic carbocycles. The largest absolute Gasteiger partial charge is 0.492 e. The molecule has 0 aromatic heterocycles. The van der Waals surface area contributed by atoms with Crippen LogP contribution in [0.3, 0.4) is 0 Å². The molecule has 0 fully saturated rings. The quantitative estimate of drug-likeness (QED) is 0.500. The van der Waals surface area contributed by atoms with Gasteiger partial charge in [-0.3, -0.25) is 14.4 Å². The molecule has 1 aliphatic rings. The lowest BCUT2D eigenvalue weighted by atomic mass is 10.1. The Hall–Kier alpha value is -3.10. The molecule has 0 spiro atoms. The molecule has 3 amide bonds. The van der Waals surface area contributed by atoms with E-state index in [-0.39, 0.29) is 36.9 Å². The van der Waals surface area contributed by atoms with Crippen LogP contribution in [0.1, 0.15) is 57.6 Å². The second-order valence-electron chi connectivity index (χ2n) is 9.33. The van der Waals surface area contributed by atoms with Crippen LogP contribution >= 0.6 is 11.6 Å². The lowest BCUT2D eigenvalue weighted by Gasteiger charge is -2.24. The Balaban J connectivity index is 0.000000675. The number of benzene rings is 2. The van der Waals surface area contributed by atoms with Crippen LogP contribution in [0.4, 0.5) is 0 Å². The zero-order valence-electron chi connectivity index (χ0n) is 24.7. The first-order chi connectivity index (χ1) is 19.3. The van der Waals surface area contributed by atoms with E-state index in [1.807, 2.05) is 69.3 Å². The van der Waals surface area contributed by atoms with Crippen molar-refractivity contribution in [3.05, 3.63) is 64.7 Å². The minimum Gasteiger partial charge on any atom is -0.492 e. The van der Waals surface area contributed by atoms with Crippen LogP contribution < -0.4 is 20.7 Å². The van der Waals surface area contributed by atoms with Gasteiger partial charge in [0.1, 0.15) is 12.4 Å². The molecular weight excluding hydrogens is 528 g/mol. The summed E-state index contributed by atoms with van der Waals surface area (Å²) in [6.45, 7) is 9.42. The van der Waals surface area contributed by atoms with Crippen molar-refractivity contribution in [2.24, 2.45) is 0 Å². The highest BCUT2D eigenvalue weighted by Gasteiger charge is 2.23. The van der Waals surface area contributed by atoms with Gasteiger partial charge in [-0.2, -0.15) is 0 Å². The smallest absolute Gasteiger partial charge is 0.240 e. The summed E-state index contributed by atoms with van der Waals surface area (Å²) in [5, 5.41) is 9.46. The van der Waals surface area contributed by atoms with Crippen LogP contribution in [-0.2, 0) is 20.8 Å². The number of ether oxygens (including phenoxy) is 1. The van der Waals surface area contributed by atoms with E-state index in [0.29, 0.717) is 26.1 Å². The zero-order valence-corrected chi connectivity index (χ0v) is 25.5. The van der Waals surface area contributed by atoms with Gasteiger partial charge >= 0.3 is 0 Å². The average molecular weight is 575 g/mol. The Morgan fingerprint density at radius 3 is 2.35 bits per heavy atom. The van der Waals surface area contributed by atoms with Gasteiger partial charge in [-0.1, -0.05) is 81.1 Å². The van der Waals surface area contributed by atoms with Crippen molar-refractivity contribution in [3.63, 3.8) is 0 Å². The number of carbonyl (C=O) groups excluding carboxylic acids is 3. The first-order valence-electron chi connectivity index (χ1n) is 14.2. The molecule has 0 radical (unpaired) electrons. The summed E-state index contributed by atoms with van der Waals surface area (Å²) in [4.78, 5) is 38.3. The maximum Gasteiger partial charge on any atom is 0.240 e. The van der Waals surface area contributed by atoms with E-state index in [1.165, 1.54) is 10.5 Å². The molecule has 222 valence electrons. The third-order valence-electron chi connectivity index (χ3n) is 6.03. The summed E-state index contributed by atoms with van der Waals surface area (Å²) >= 11 is 5.61. The molecule has 1 atom stereocenters. The maximum absolute atomic E-state index is 12.8. The molecular formula is C31H47ClN4O4. The van der Waals surface area contributed by atoms with Gasteiger partial charge in [-0.05, 0) is 49.9 Å². The van der Waals surface area contributed by atoms with E-state index in [9.17, 15) is 14.4 Å². The van der Waals surface area contributed by atoms with Gasteiger partial charge < -0.3 is 25.6 Å². The Bertz CT molecular complexity index is 996. The van der Waals surface area contributed by atoms with E-state index in [0.717, 1.165) is 42.0 Å². The number of halogens is 1. The van der Waals surface area contributed by atoms with Crippen LogP contribution in [0.25, 0.3) is 0 Å². The Labute approximate surface area is 245 Å². The van der Waals surface area contributed by atoms with Gasteiger partial charge in [0.2, 0.25) is 17.7 Å². The van der Waals surface area contributed by atoms with Crippen LogP contribution in [-0.4, -0.2) is 68.5 Å². The molecule has 9 heteroatoms.